The zero-order chi connectivity index (χ0) is 29.6. The van der Waals surface area contributed by atoms with Crippen molar-refractivity contribution in [2.24, 2.45) is 5.92 Å². The van der Waals surface area contributed by atoms with E-state index in [0.717, 1.165) is 0 Å². The number of hydrogen-bond donors (Lipinski definition) is 3. The SMILES string of the molecule is CC(C)(C)N(C(=O)O)c1ccc(NC(=O)c2cc(NC(=O)C3C(c4cc(Cl)cc(Cl)c4)C3(Cl)Cl)ccc2Cl)cc1. The molecule has 3 aromatic carbocycles. The first kappa shape index (κ1) is 30.3. The van der Waals surface area contributed by atoms with Gasteiger partial charge in [0.25, 0.3) is 5.91 Å². The number of rotatable bonds is 6. The molecule has 2 atom stereocenters. The third-order valence-electron chi connectivity index (χ3n) is 6.30. The molecule has 3 N–H and O–H groups in total. The number of carboxylic acid groups (broad SMARTS) is 1. The predicted octanol–water partition coefficient (Wildman–Crippen LogP) is 8.71. The van der Waals surface area contributed by atoms with Gasteiger partial charge >= 0.3 is 6.09 Å². The van der Waals surface area contributed by atoms with Gasteiger partial charge in [-0.25, -0.2) is 4.79 Å². The molecule has 0 saturated heterocycles. The molecule has 1 saturated carbocycles. The van der Waals surface area contributed by atoms with Crippen molar-refractivity contribution in [3.8, 4) is 0 Å². The molecule has 0 aliphatic heterocycles. The van der Waals surface area contributed by atoms with Gasteiger partial charge in [-0.3, -0.25) is 14.5 Å². The summed E-state index contributed by atoms with van der Waals surface area (Å²) in [5, 5.41) is 16.0. The lowest BCUT2D eigenvalue weighted by Crippen LogP contribution is -2.45. The van der Waals surface area contributed by atoms with E-state index in [1.807, 2.05) is 0 Å². The fourth-order valence-electron chi connectivity index (χ4n) is 4.50. The Labute approximate surface area is 256 Å². The van der Waals surface area contributed by atoms with Gasteiger partial charge in [-0.15, -0.1) is 23.2 Å². The van der Waals surface area contributed by atoms with Crippen LogP contribution < -0.4 is 15.5 Å². The highest BCUT2D eigenvalue weighted by molar-refractivity contribution is 6.53. The van der Waals surface area contributed by atoms with Crippen molar-refractivity contribution >= 4 is 93.0 Å². The number of nitrogens with one attached hydrogen (secondary N) is 2. The van der Waals surface area contributed by atoms with Gasteiger partial charge < -0.3 is 15.7 Å². The van der Waals surface area contributed by atoms with Crippen molar-refractivity contribution in [2.75, 3.05) is 15.5 Å². The molecule has 7 nitrogen and oxygen atoms in total. The van der Waals surface area contributed by atoms with E-state index in [-0.39, 0.29) is 10.6 Å². The highest BCUT2D eigenvalue weighted by Gasteiger charge is 2.67. The Bertz CT molecular complexity index is 1470. The Kier molecular flexibility index (Phi) is 8.56. The Hall–Kier alpha value is -2.68. The molecule has 1 aliphatic carbocycles. The van der Waals surface area contributed by atoms with Gasteiger partial charge in [-0.2, -0.15) is 0 Å². The van der Waals surface area contributed by atoms with Crippen LogP contribution in [0.4, 0.5) is 21.9 Å². The molecule has 0 spiro atoms. The number of alkyl halides is 2. The molecule has 1 fully saturated rings. The summed E-state index contributed by atoms with van der Waals surface area (Å²) in [6, 6.07) is 15.7. The molecule has 1 aliphatic rings. The van der Waals surface area contributed by atoms with Crippen LogP contribution in [0.1, 0.15) is 42.6 Å². The maximum absolute atomic E-state index is 13.1. The quantitative estimate of drug-likeness (QED) is 0.234. The zero-order valence-corrected chi connectivity index (χ0v) is 25.2. The topological polar surface area (TPSA) is 98.7 Å². The highest BCUT2D eigenvalue weighted by Crippen LogP contribution is 2.65. The van der Waals surface area contributed by atoms with E-state index >= 15 is 0 Å². The summed E-state index contributed by atoms with van der Waals surface area (Å²) < 4.78 is -1.36. The van der Waals surface area contributed by atoms with Crippen molar-refractivity contribution < 1.29 is 19.5 Å². The largest absolute Gasteiger partial charge is 0.465 e. The van der Waals surface area contributed by atoms with Crippen LogP contribution in [0.15, 0.2) is 60.7 Å². The third kappa shape index (κ3) is 6.45. The van der Waals surface area contributed by atoms with E-state index < -0.39 is 39.6 Å². The van der Waals surface area contributed by atoms with E-state index in [2.05, 4.69) is 10.6 Å². The monoisotopic (exact) mass is 641 g/mol. The van der Waals surface area contributed by atoms with Crippen LogP contribution in [0, 0.1) is 5.92 Å². The molecule has 0 bridgehead atoms. The summed E-state index contributed by atoms with van der Waals surface area (Å²) in [5.41, 5.74) is 1.28. The number of anilines is 3. The summed E-state index contributed by atoms with van der Waals surface area (Å²) >= 11 is 31.4. The Morgan fingerprint density at radius 3 is 1.98 bits per heavy atom. The molecule has 2 unspecified atom stereocenters. The lowest BCUT2D eigenvalue weighted by atomic mass is 10.1. The summed E-state index contributed by atoms with van der Waals surface area (Å²) in [4.78, 5) is 39.1. The first-order valence-corrected chi connectivity index (χ1v) is 13.9. The molecular weight excluding hydrogens is 620 g/mol. The standard InChI is InChI=1S/C28H24Cl5N3O4/c1-27(2,3)36(26(39)40)19-7-4-17(5-8-19)34-24(37)20-13-18(6-9-21(20)31)35-25(38)23-22(28(23,32)33)14-10-15(29)12-16(30)11-14/h4-13,22-23H,1-3H3,(H,34,37)(H,35,38)(H,39,40). The van der Waals surface area contributed by atoms with Gasteiger partial charge in [-0.05, 0) is 87.0 Å². The summed E-state index contributed by atoms with van der Waals surface area (Å²) in [7, 11) is 0. The zero-order valence-electron chi connectivity index (χ0n) is 21.4. The van der Waals surface area contributed by atoms with E-state index in [9.17, 15) is 19.5 Å². The second-order valence-electron chi connectivity index (χ2n) is 10.3. The van der Waals surface area contributed by atoms with Crippen LogP contribution in [-0.2, 0) is 4.79 Å². The van der Waals surface area contributed by atoms with Crippen molar-refractivity contribution in [1.29, 1.82) is 0 Å². The second-order valence-corrected chi connectivity index (χ2v) is 13.0. The van der Waals surface area contributed by atoms with Gasteiger partial charge in [0.05, 0.1) is 16.5 Å². The Morgan fingerprint density at radius 2 is 1.43 bits per heavy atom. The molecule has 40 heavy (non-hydrogen) atoms. The van der Waals surface area contributed by atoms with Crippen LogP contribution in [0.5, 0.6) is 0 Å². The van der Waals surface area contributed by atoms with Gasteiger partial charge in [0.2, 0.25) is 5.91 Å². The molecule has 3 amide bonds. The maximum Gasteiger partial charge on any atom is 0.412 e. The van der Waals surface area contributed by atoms with Crippen LogP contribution >= 0.6 is 58.0 Å². The molecule has 12 heteroatoms. The lowest BCUT2D eigenvalue weighted by molar-refractivity contribution is -0.117. The Balaban J connectivity index is 1.47. The highest BCUT2D eigenvalue weighted by atomic mass is 35.5. The fraction of sp³-hybridized carbons (Fsp3) is 0.250. The normalized spacial score (nSPS) is 17.6. The van der Waals surface area contributed by atoms with Crippen LogP contribution in [0.2, 0.25) is 15.1 Å². The lowest BCUT2D eigenvalue weighted by Gasteiger charge is -2.33. The fourth-order valence-corrected chi connectivity index (χ4v) is 6.07. The number of carbonyl (C=O) groups is 3. The first-order valence-electron chi connectivity index (χ1n) is 12.0. The third-order valence-corrected chi connectivity index (χ3v) is 8.01. The molecule has 0 heterocycles. The summed E-state index contributed by atoms with van der Waals surface area (Å²) in [6.45, 7) is 5.34. The molecular formula is C28H24Cl5N3O4. The molecule has 0 aromatic heterocycles. The van der Waals surface area contributed by atoms with E-state index in [4.69, 9.17) is 58.0 Å². The van der Waals surface area contributed by atoms with Crippen molar-refractivity contribution in [3.63, 3.8) is 0 Å². The Morgan fingerprint density at radius 1 is 0.850 bits per heavy atom. The van der Waals surface area contributed by atoms with E-state index in [0.29, 0.717) is 32.7 Å². The van der Waals surface area contributed by atoms with Crippen molar-refractivity contribution in [1.82, 2.24) is 0 Å². The van der Waals surface area contributed by atoms with E-state index in [1.165, 1.54) is 17.0 Å². The van der Waals surface area contributed by atoms with Crippen LogP contribution in [-0.4, -0.2) is 32.9 Å². The number of hydrogen-bond acceptors (Lipinski definition) is 3. The van der Waals surface area contributed by atoms with Crippen molar-refractivity contribution in [3.05, 3.63) is 86.9 Å². The number of carbonyl (C=O) groups excluding carboxylic acids is 2. The molecule has 4 rings (SSSR count). The number of halogens is 5. The van der Waals surface area contributed by atoms with Gasteiger partial charge in [0.15, 0.2) is 0 Å². The van der Waals surface area contributed by atoms with E-state index in [1.54, 1.807) is 69.3 Å². The minimum Gasteiger partial charge on any atom is -0.465 e. The molecule has 3 aromatic rings. The average Bonchev–Trinajstić information content (AvgIpc) is 3.41. The minimum atomic E-state index is -1.36. The van der Waals surface area contributed by atoms with Crippen LogP contribution in [0.25, 0.3) is 0 Å². The first-order chi connectivity index (χ1) is 18.6. The second kappa shape index (κ2) is 11.3. The summed E-state index contributed by atoms with van der Waals surface area (Å²) in [6.07, 6.45) is -1.09. The maximum atomic E-state index is 13.1. The van der Waals surface area contributed by atoms with Gasteiger partial charge in [0.1, 0.15) is 4.33 Å². The average molecular weight is 644 g/mol. The van der Waals surface area contributed by atoms with Crippen molar-refractivity contribution in [2.45, 2.75) is 36.6 Å². The minimum absolute atomic E-state index is 0.113. The number of amides is 3. The smallest absolute Gasteiger partial charge is 0.412 e. The predicted molar refractivity (Wildman–Crippen MR) is 162 cm³/mol. The van der Waals surface area contributed by atoms with Gasteiger partial charge in [-0.1, -0.05) is 34.8 Å². The van der Waals surface area contributed by atoms with Crippen LogP contribution in [0.3, 0.4) is 0 Å². The molecule has 0 radical (unpaired) electrons. The van der Waals surface area contributed by atoms with Gasteiger partial charge in [0, 0.05) is 38.6 Å². The number of nitrogens with zero attached hydrogens (tertiary/aromatic N) is 1. The molecule has 210 valence electrons. The summed E-state index contributed by atoms with van der Waals surface area (Å²) in [5.74, 6) is -2.28. The number of benzene rings is 3.